The summed E-state index contributed by atoms with van der Waals surface area (Å²) in [6, 6.07) is 8.37. The molecule has 0 spiro atoms. The van der Waals surface area contributed by atoms with Gasteiger partial charge in [-0.05, 0) is 36.4 Å². The summed E-state index contributed by atoms with van der Waals surface area (Å²) < 4.78 is 27.2. The van der Waals surface area contributed by atoms with E-state index < -0.39 is 11.6 Å². The molecule has 0 saturated heterocycles. The molecule has 0 aliphatic carbocycles. The van der Waals surface area contributed by atoms with E-state index in [0.717, 1.165) is 0 Å². The van der Waals surface area contributed by atoms with Crippen LogP contribution in [-0.4, -0.2) is 4.99 Å². The summed E-state index contributed by atoms with van der Waals surface area (Å²) in [5.74, 6) is -1.08. The molecule has 0 heterocycles. The first-order valence-electron chi connectivity index (χ1n) is 5.29. The number of nitrogens with one attached hydrogen (secondary N) is 1. The normalized spacial score (nSPS) is 10.3. The van der Waals surface area contributed by atoms with E-state index >= 15 is 0 Å². The molecule has 0 atom stereocenters. The van der Waals surface area contributed by atoms with Gasteiger partial charge in [-0.3, -0.25) is 0 Å². The fourth-order valence-corrected chi connectivity index (χ4v) is 1.86. The van der Waals surface area contributed by atoms with Crippen LogP contribution in [0.2, 0.25) is 5.02 Å². The van der Waals surface area contributed by atoms with Crippen LogP contribution in [0, 0.1) is 11.6 Å². The van der Waals surface area contributed by atoms with Crippen LogP contribution in [0.15, 0.2) is 36.4 Å². The highest BCUT2D eigenvalue weighted by Gasteiger charge is 2.08. The van der Waals surface area contributed by atoms with Crippen LogP contribution in [0.1, 0.15) is 5.56 Å². The zero-order chi connectivity index (χ0) is 14.0. The lowest BCUT2D eigenvalue weighted by molar-refractivity contribution is 0.625. The lowest BCUT2D eigenvalue weighted by Gasteiger charge is -2.09. The molecule has 3 N–H and O–H groups in total. The first kappa shape index (κ1) is 13.7. The number of benzene rings is 2. The van der Waals surface area contributed by atoms with E-state index in [1.807, 2.05) is 0 Å². The second-order valence-electron chi connectivity index (χ2n) is 3.81. The van der Waals surface area contributed by atoms with Gasteiger partial charge in [-0.25, -0.2) is 8.78 Å². The van der Waals surface area contributed by atoms with Gasteiger partial charge in [-0.2, -0.15) is 0 Å². The quantitative estimate of drug-likeness (QED) is 0.841. The summed E-state index contributed by atoms with van der Waals surface area (Å²) in [5, 5.41) is 3.04. The maximum absolute atomic E-state index is 13.6. The van der Waals surface area contributed by atoms with Crippen molar-refractivity contribution in [1.82, 2.24) is 0 Å². The van der Waals surface area contributed by atoms with Crippen LogP contribution in [0.4, 0.5) is 20.2 Å². The number of halogens is 3. The topological polar surface area (TPSA) is 38.0 Å². The molecule has 0 amide bonds. The summed E-state index contributed by atoms with van der Waals surface area (Å²) in [4.78, 5) is -0.0262. The van der Waals surface area contributed by atoms with E-state index in [2.05, 4.69) is 5.32 Å². The van der Waals surface area contributed by atoms with E-state index in [9.17, 15) is 8.78 Å². The summed E-state index contributed by atoms with van der Waals surface area (Å²) in [6.07, 6.45) is 0. The van der Waals surface area contributed by atoms with Gasteiger partial charge in [-0.1, -0.05) is 23.8 Å². The molecule has 98 valence electrons. The van der Waals surface area contributed by atoms with E-state index in [1.54, 1.807) is 6.07 Å². The van der Waals surface area contributed by atoms with Crippen molar-refractivity contribution in [3.63, 3.8) is 0 Å². The summed E-state index contributed by atoms with van der Waals surface area (Å²) in [6.45, 7) is 0. The highest BCUT2D eigenvalue weighted by atomic mass is 35.5. The maximum atomic E-state index is 13.6. The molecule has 19 heavy (non-hydrogen) atoms. The van der Waals surface area contributed by atoms with Crippen LogP contribution >= 0.6 is 23.8 Å². The maximum Gasteiger partial charge on any atom is 0.148 e. The minimum atomic E-state index is -0.563. The first-order valence-corrected chi connectivity index (χ1v) is 6.07. The van der Waals surface area contributed by atoms with Crippen LogP contribution in [-0.2, 0) is 0 Å². The zero-order valence-electron chi connectivity index (χ0n) is 9.58. The average molecular weight is 299 g/mol. The van der Waals surface area contributed by atoms with E-state index in [0.29, 0.717) is 5.69 Å². The van der Waals surface area contributed by atoms with Gasteiger partial charge in [-0.15, -0.1) is 0 Å². The Morgan fingerprint density at radius 3 is 2.42 bits per heavy atom. The second kappa shape index (κ2) is 5.50. The molecule has 2 aromatic rings. The van der Waals surface area contributed by atoms with Gasteiger partial charge in [0, 0.05) is 16.3 Å². The fraction of sp³-hybridized carbons (Fsp3) is 0. The predicted molar refractivity (Wildman–Crippen MR) is 77.0 cm³/mol. The minimum Gasteiger partial charge on any atom is -0.389 e. The molecule has 0 radical (unpaired) electrons. The zero-order valence-corrected chi connectivity index (χ0v) is 11.2. The lowest BCUT2D eigenvalue weighted by atomic mass is 10.2. The summed E-state index contributed by atoms with van der Waals surface area (Å²) >= 11 is 10.3. The number of nitrogens with two attached hydrogens (primary N) is 1. The van der Waals surface area contributed by atoms with Crippen molar-refractivity contribution in [2.24, 2.45) is 5.73 Å². The van der Waals surface area contributed by atoms with E-state index in [-0.39, 0.29) is 21.3 Å². The fourth-order valence-electron chi connectivity index (χ4n) is 1.54. The van der Waals surface area contributed by atoms with Crippen LogP contribution in [0.3, 0.4) is 0 Å². The third kappa shape index (κ3) is 3.19. The van der Waals surface area contributed by atoms with Gasteiger partial charge in [0.25, 0.3) is 0 Å². The number of hydrogen-bond donors (Lipinski definition) is 2. The third-order valence-electron chi connectivity index (χ3n) is 2.44. The van der Waals surface area contributed by atoms with E-state index in [4.69, 9.17) is 29.6 Å². The third-order valence-corrected chi connectivity index (χ3v) is 2.90. The first-order chi connectivity index (χ1) is 8.97. The molecule has 0 fully saturated rings. The van der Waals surface area contributed by atoms with Crippen LogP contribution in [0.25, 0.3) is 0 Å². The van der Waals surface area contributed by atoms with Gasteiger partial charge < -0.3 is 11.1 Å². The highest BCUT2D eigenvalue weighted by molar-refractivity contribution is 7.80. The Balaban J connectivity index is 2.29. The SMILES string of the molecule is NC(=S)c1ccc(Nc2ccc(Cl)cc2F)cc1F. The van der Waals surface area contributed by atoms with Crippen LogP contribution < -0.4 is 11.1 Å². The van der Waals surface area contributed by atoms with Gasteiger partial charge in [0.15, 0.2) is 0 Å². The number of rotatable bonds is 3. The molecule has 2 rings (SSSR count). The van der Waals surface area contributed by atoms with Crippen molar-refractivity contribution >= 4 is 40.2 Å². The minimum absolute atomic E-state index is 0.0262. The predicted octanol–water partition coefficient (Wildman–Crippen LogP) is 4.00. The molecular weight excluding hydrogens is 290 g/mol. The smallest absolute Gasteiger partial charge is 0.148 e. The van der Waals surface area contributed by atoms with Crippen molar-refractivity contribution in [1.29, 1.82) is 0 Å². The molecule has 2 aromatic carbocycles. The average Bonchev–Trinajstić information content (AvgIpc) is 2.32. The van der Waals surface area contributed by atoms with Gasteiger partial charge in [0.05, 0.1) is 5.69 Å². The molecule has 6 heteroatoms. The Morgan fingerprint density at radius 1 is 1.11 bits per heavy atom. The summed E-state index contributed by atoms with van der Waals surface area (Å²) in [5.41, 5.74) is 6.09. The van der Waals surface area contributed by atoms with Gasteiger partial charge in [0.1, 0.15) is 16.6 Å². The summed E-state index contributed by atoms with van der Waals surface area (Å²) in [7, 11) is 0. The Labute approximate surface area is 119 Å². The monoisotopic (exact) mass is 298 g/mol. The van der Waals surface area contributed by atoms with Crippen molar-refractivity contribution in [3.05, 3.63) is 58.6 Å². The van der Waals surface area contributed by atoms with Gasteiger partial charge >= 0.3 is 0 Å². The van der Waals surface area contributed by atoms with Crippen LogP contribution in [0.5, 0.6) is 0 Å². The molecule has 0 bridgehead atoms. The van der Waals surface area contributed by atoms with Gasteiger partial charge in [0.2, 0.25) is 0 Å². The Hall–Kier alpha value is -1.72. The second-order valence-corrected chi connectivity index (χ2v) is 4.68. The molecular formula is C13H9ClF2N2S. The molecule has 0 aliphatic heterocycles. The van der Waals surface area contributed by atoms with Crippen molar-refractivity contribution in [3.8, 4) is 0 Å². The molecule has 2 nitrogen and oxygen atoms in total. The number of hydrogen-bond acceptors (Lipinski definition) is 2. The Bertz CT molecular complexity index is 647. The van der Waals surface area contributed by atoms with Crippen molar-refractivity contribution < 1.29 is 8.78 Å². The largest absolute Gasteiger partial charge is 0.389 e. The Morgan fingerprint density at radius 2 is 1.84 bits per heavy atom. The molecule has 0 aliphatic rings. The number of thiocarbonyl (C=S) groups is 1. The number of anilines is 2. The van der Waals surface area contributed by atoms with E-state index in [1.165, 1.54) is 30.3 Å². The van der Waals surface area contributed by atoms with Crippen molar-refractivity contribution in [2.45, 2.75) is 0 Å². The molecule has 0 saturated carbocycles. The molecule has 0 aromatic heterocycles. The standard InChI is InChI=1S/C13H9ClF2N2S/c14-7-1-4-12(11(16)5-7)18-8-2-3-9(13(17)19)10(15)6-8/h1-6,18H,(H2,17,19). The highest BCUT2D eigenvalue weighted by Crippen LogP contribution is 2.24. The Kier molecular flexibility index (Phi) is 3.97. The molecule has 0 unspecified atom stereocenters. The van der Waals surface area contributed by atoms with Crippen molar-refractivity contribution in [2.75, 3.05) is 5.32 Å². The lowest BCUT2D eigenvalue weighted by Crippen LogP contribution is -2.11.